The van der Waals surface area contributed by atoms with E-state index in [2.05, 4.69) is 127 Å². The zero-order valence-corrected chi connectivity index (χ0v) is 28.0. The van der Waals surface area contributed by atoms with Crippen molar-refractivity contribution < 1.29 is 0 Å². The zero-order valence-electron chi connectivity index (χ0n) is 28.0. The molecule has 7 aromatic carbocycles. The van der Waals surface area contributed by atoms with Gasteiger partial charge in [0.25, 0.3) is 0 Å². The molecule has 0 radical (unpaired) electrons. The number of fused-ring (bicyclic) bond motifs is 6. The molecule has 4 nitrogen and oxygen atoms in total. The molecule has 0 spiro atoms. The SMILES string of the molecule is CC1(c2ccccc2)c2ccccc2-c2cc3c(cc21)c1ccccc1n3-c1ccc(-c2nc(-c3ccccc3)nc(-c3ccccc3)n2)cc1. The molecule has 0 saturated carbocycles. The van der Waals surface area contributed by atoms with Crippen LogP contribution in [0.3, 0.4) is 0 Å². The molecule has 1 atom stereocenters. The maximum Gasteiger partial charge on any atom is 0.164 e. The summed E-state index contributed by atoms with van der Waals surface area (Å²) >= 11 is 0. The minimum Gasteiger partial charge on any atom is -0.309 e. The van der Waals surface area contributed by atoms with Gasteiger partial charge >= 0.3 is 0 Å². The van der Waals surface area contributed by atoms with Crippen molar-refractivity contribution in [2.75, 3.05) is 0 Å². The lowest BCUT2D eigenvalue weighted by atomic mass is 9.74. The number of aromatic nitrogens is 4. The van der Waals surface area contributed by atoms with Gasteiger partial charge in [0.1, 0.15) is 0 Å². The first-order chi connectivity index (χ1) is 25.2. The summed E-state index contributed by atoms with van der Waals surface area (Å²) in [4.78, 5) is 14.8. The van der Waals surface area contributed by atoms with Gasteiger partial charge in [0.05, 0.1) is 11.0 Å². The molecule has 51 heavy (non-hydrogen) atoms. The predicted octanol–water partition coefficient (Wildman–Crippen LogP) is 11.3. The molecule has 1 unspecified atom stereocenters. The summed E-state index contributed by atoms with van der Waals surface area (Å²) in [5.41, 5.74) is 12.6. The van der Waals surface area contributed by atoms with Crippen molar-refractivity contribution in [1.29, 1.82) is 0 Å². The summed E-state index contributed by atoms with van der Waals surface area (Å²) in [5.74, 6) is 1.95. The lowest BCUT2D eigenvalue weighted by Gasteiger charge is -2.28. The topological polar surface area (TPSA) is 43.6 Å². The summed E-state index contributed by atoms with van der Waals surface area (Å²) in [5, 5.41) is 2.49. The van der Waals surface area contributed by atoms with Crippen molar-refractivity contribution in [1.82, 2.24) is 19.5 Å². The summed E-state index contributed by atoms with van der Waals surface area (Å²) in [7, 11) is 0. The van der Waals surface area contributed by atoms with Crippen molar-refractivity contribution in [3.63, 3.8) is 0 Å². The van der Waals surface area contributed by atoms with Crippen LogP contribution in [0.2, 0.25) is 0 Å². The van der Waals surface area contributed by atoms with Crippen molar-refractivity contribution in [3.8, 4) is 51.0 Å². The van der Waals surface area contributed by atoms with Gasteiger partial charge in [-0.15, -0.1) is 0 Å². The quantitative estimate of drug-likeness (QED) is 0.186. The minimum atomic E-state index is -0.256. The van der Waals surface area contributed by atoms with E-state index in [4.69, 9.17) is 15.0 Å². The average molecular weight is 653 g/mol. The minimum absolute atomic E-state index is 0.256. The highest BCUT2D eigenvalue weighted by molar-refractivity contribution is 6.11. The van der Waals surface area contributed by atoms with Crippen LogP contribution >= 0.6 is 0 Å². The van der Waals surface area contributed by atoms with E-state index in [1.165, 1.54) is 49.6 Å². The maximum atomic E-state index is 4.96. The Morgan fingerprint density at radius 3 is 1.59 bits per heavy atom. The number of hydrogen-bond donors (Lipinski definition) is 0. The molecule has 10 rings (SSSR count). The number of nitrogens with zero attached hydrogens (tertiary/aromatic N) is 4. The molecule has 0 amide bonds. The zero-order chi connectivity index (χ0) is 33.9. The second-order valence-corrected chi connectivity index (χ2v) is 13.4. The number of para-hydroxylation sites is 1. The Labute approximate surface area is 296 Å². The monoisotopic (exact) mass is 652 g/mol. The van der Waals surface area contributed by atoms with E-state index in [1.54, 1.807) is 0 Å². The van der Waals surface area contributed by atoms with Gasteiger partial charge in [-0.1, -0.05) is 133 Å². The van der Waals surface area contributed by atoms with Gasteiger partial charge in [0.2, 0.25) is 0 Å². The molecule has 0 fully saturated rings. The molecule has 4 heteroatoms. The van der Waals surface area contributed by atoms with Crippen LogP contribution in [-0.2, 0) is 5.41 Å². The smallest absolute Gasteiger partial charge is 0.164 e. The summed E-state index contributed by atoms with van der Waals surface area (Å²) < 4.78 is 2.40. The fourth-order valence-electron chi connectivity index (χ4n) is 8.01. The highest BCUT2D eigenvalue weighted by Gasteiger charge is 2.41. The third-order valence-corrected chi connectivity index (χ3v) is 10.5. The Hall–Kier alpha value is -6.65. The van der Waals surface area contributed by atoms with Crippen LogP contribution in [0, 0.1) is 0 Å². The third kappa shape index (κ3) is 4.57. The van der Waals surface area contributed by atoms with E-state index in [0.717, 1.165) is 22.4 Å². The molecular weight excluding hydrogens is 621 g/mol. The average Bonchev–Trinajstić information content (AvgIpc) is 3.67. The van der Waals surface area contributed by atoms with Crippen molar-refractivity contribution in [2.45, 2.75) is 12.3 Å². The van der Waals surface area contributed by atoms with Crippen molar-refractivity contribution in [2.24, 2.45) is 0 Å². The highest BCUT2D eigenvalue weighted by atomic mass is 15.0. The molecule has 240 valence electrons. The molecule has 0 saturated heterocycles. The Balaban J connectivity index is 1.14. The van der Waals surface area contributed by atoms with Gasteiger partial charge in [-0.2, -0.15) is 0 Å². The molecule has 2 heterocycles. The standard InChI is InChI=1S/C47H32N4/c1-47(34-19-9-4-10-20-34)40-23-13-11-21-36(40)38-30-43-39(29-41(38)47)37-22-12-14-24-42(37)51(43)35-27-25-33(26-28-35)46-49-44(31-15-5-2-6-16-31)48-45(50-46)32-17-7-3-8-18-32/h2-30H,1H3. The van der Waals surface area contributed by atoms with Gasteiger partial charge in [0.15, 0.2) is 17.5 Å². The van der Waals surface area contributed by atoms with Gasteiger partial charge in [-0.25, -0.2) is 15.0 Å². The maximum absolute atomic E-state index is 4.96. The van der Waals surface area contributed by atoms with Crippen LogP contribution in [0.1, 0.15) is 23.6 Å². The van der Waals surface area contributed by atoms with Gasteiger partial charge in [-0.3, -0.25) is 0 Å². The van der Waals surface area contributed by atoms with Crippen molar-refractivity contribution >= 4 is 21.8 Å². The van der Waals surface area contributed by atoms with Gasteiger partial charge < -0.3 is 4.57 Å². The first kappa shape index (κ1) is 29.3. The Morgan fingerprint density at radius 1 is 0.412 bits per heavy atom. The molecule has 2 aromatic heterocycles. The first-order valence-electron chi connectivity index (χ1n) is 17.4. The van der Waals surface area contributed by atoms with E-state index in [1.807, 2.05) is 60.7 Å². The Kier molecular flexibility index (Phi) is 6.58. The predicted molar refractivity (Wildman–Crippen MR) is 208 cm³/mol. The summed E-state index contributed by atoms with van der Waals surface area (Å²) in [6.45, 7) is 2.38. The van der Waals surface area contributed by atoms with Crippen LogP contribution in [-0.4, -0.2) is 19.5 Å². The second-order valence-electron chi connectivity index (χ2n) is 13.4. The normalized spacial score (nSPS) is 14.8. The van der Waals surface area contributed by atoms with Crippen LogP contribution in [0.15, 0.2) is 176 Å². The molecule has 9 aromatic rings. The van der Waals surface area contributed by atoms with Crippen LogP contribution < -0.4 is 0 Å². The molecule has 1 aliphatic carbocycles. The fourth-order valence-corrected chi connectivity index (χ4v) is 8.01. The highest BCUT2D eigenvalue weighted by Crippen LogP contribution is 2.54. The van der Waals surface area contributed by atoms with E-state index in [0.29, 0.717) is 17.5 Å². The largest absolute Gasteiger partial charge is 0.309 e. The van der Waals surface area contributed by atoms with Gasteiger partial charge in [-0.05, 0) is 77.2 Å². The van der Waals surface area contributed by atoms with Crippen molar-refractivity contribution in [3.05, 3.63) is 193 Å². The number of rotatable bonds is 5. The summed E-state index contributed by atoms with van der Waals surface area (Å²) in [6, 6.07) is 62.3. The fraction of sp³-hybridized carbons (Fsp3) is 0.0426. The van der Waals surface area contributed by atoms with Gasteiger partial charge in [0, 0.05) is 38.6 Å². The number of benzene rings is 7. The van der Waals surface area contributed by atoms with E-state index in [-0.39, 0.29) is 5.41 Å². The van der Waals surface area contributed by atoms with E-state index < -0.39 is 0 Å². The molecule has 0 bridgehead atoms. The number of hydrogen-bond acceptors (Lipinski definition) is 3. The summed E-state index contributed by atoms with van der Waals surface area (Å²) in [6.07, 6.45) is 0. The van der Waals surface area contributed by atoms with E-state index in [9.17, 15) is 0 Å². The lowest BCUT2D eigenvalue weighted by Crippen LogP contribution is -2.22. The van der Waals surface area contributed by atoms with Crippen LogP contribution in [0.5, 0.6) is 0 Å². The van der Waals surface area contributed by atoms with Crippen LogP contribution in [0.4, 0.5) is 0 Å². The third-order valence-electron chi connectivity index (χ3n) is 10.5. The lowest BCUT2D eigenvalue weighted by molar-refractivity contribution is 0.715. The Bertz CT molecular complexity index is 2680. The second kappa shape index (κ2) is 11.5. The Morgan fingerprint density at radius 2 is 0.941 bits per heavy atom. The first-order valence-corrected chi connectivity index (χ1v) is 17.4. The molecular formula is C47H32N4. The van der Waals surface area contributed by atoms with Crippen LogP contribution in [0.25, 0.3) is 72.8 Å². The molecule has 1 aliphatic rings. The van der Waals surface area contributed by atoms with E-state index >= 15 is 0 Å². The molecule has 0 N–H and O–H groups in total. The molecule has 0 aliphatic heterocycles.